The molecule has 1 aliphatic rings. The number of thiophene rings is 2. The van der Waals surface area contributed by atoms with Gasteiger partial charge in [0.15, 0.2) is 0 Å². The third-order valence-corrected chi connectivity index (χ3v) is 18.5. The molecule has 0 unspecified atom stereocenters. The molecule has 1 aliphatic heterocycles. The minimum Gasteiger partial charge on any atom is -0.172 e. The lowest BCUT2D eigenvalue weighted by atomic mass is 10.0. The van der Waals surface area contributed by atoms with Crippen molar-refractivity contribution in [3.8, 4) is 42.4 Å². The zero-order valence-corrected chi connectivity index (χ0v) is 32.1. The molecule has 248 valence electrons. The fourth-order valence-electron chi connectivity index (χ4n) is 8.02. The Hall–Kier alpha value is -2.90. The van der Waals surface area contributed by atoms with E-state index >= 15 is 0 Å². The maximum atomic E-state index is 4.79. The van der Waals surface area contributed by atoms with Crippen LogP contribution < -0.4 is 10.4 Å². The van der Waals surface area contributed by atoms with Crippen molar-refractivity contribution in [2.75, 3.05) is 0 Å². The van der Waals surface area contributed by atoms with E-state index < -0.39 is 8.07 Å². The standard InChI is InChI=1S/C42H48N2S3Si/c1-3-5-7-9-11-15-28-48(29-16-12-10-8-6-4-2)39-20-14-13-18-32(39)33-22-21-31(30-40(33)48)36-25-26-38(46-36)35-24-23-34(37-19-17-27-45-37)41-42(35)44-47-43-41/h13-14,17-27,30H,3-12,15-16,28-29H2,1-2H3. The Bertz CT molecular complexity index is 1920. The second kappa shape index (κ2) is 15.8. The molecule has 0 atom stereocenters. The predicted octanol–water partition coefficient (Wildman–Crippen LogP) is 13.1. The quantitative estimate of drug-likeness (QED) is 0.0698. The van der Waals surface area contributed by atoms with Crippen LogP contribution in [0.3, 0.4) is 0 Å². The predicted molar refractivity (Wildman–Crippen MR) is 216 cm³/mol. The summed E-state index contributed by atoms with van der Waals surface area (Å²) < 4.78 is 9.53. The van der Waals surface area contributed by atoms with Crippen LogP contribution in [0.2, 0.25) is 12.1 Å². The molecule has 0 saturated carbocycles. The van der Waals surface area contributed by atoms with Gasteiger partial charge in [-0.15, -0.1) is 22.7 Å². The van der Waals surface area contributed by atoms with Crippen molar-refractivity contribution < 1.29 is 0 Å². The van der Waals surface area contributed by atoms with Crippen molar-refractivity contribution in [1.29, 1.82) is 0 Å². The van der Waals surface area contributed by atoms with Crippen molar-refractivity contribution in [3.05, 3.63) is 84.2 Å². The molecule has 4 heterocycles. The number of fused-ring (bicyclic) bond motifs is 4. The van der Waals surface area contributed by atoms with E-state index in [1.807, 2.05) is 11.3 Å². The van der Waals surface area contributed by atoms with Crippen LogP contribution in [0.1, 0.15) is 90.9 Å². The maximum absolute atomic E-state index is 4.79. The topological polar surface area (TPSA) is 25.8 Å². The third-order valence-electron chi connectivity index (χ3n) is 10.5. The molecule has 0 N–H and O–H groups in total. The first kappa shape index (κ1) is 33.6. The Morgan fingerprint density at radius 2 is 1.12 bits per heavy atom. The molecule has 0 amide bonds. The number of aromatic nitrogens is 2. The van der Waals surface area contributed by atoms with Crippen LogP contribution in [0, 0.1) is 0 Å². The van der Waals surface area contributed by atoms with Gasteiger partial charge < -0.3 is 0 Å². The summed E-state index contributed by atoms with van der Waals surface area (Å²) in [6.07, 6.45) is 16.4. The Kier molecular flexibility index (Phi) is 11.0. The zero-order chi connectivity index (χ0) is 32.8. The van der Waals surface area contributed by atoms with Gasteiger partial charge in [-0.1, -0.05) is 152 Å². The number of hydrogen-bond donors (Lipinski definition) is 0. The minimum absolute atomic E-state index is 1.02. The van der Waals surface area contributed by atoms with E-state index in [9.17, 15) is 0 Å². The van der Waals surface area contributed by atoms with Crippen molar-refractivity contribution in [1.82, 2.24) is 8.75 Å². The lowest BCUT2D eigenvalue weighted by Gasteiger charge is -2.30. The Morgan fingerprint density at radius 3 is 1.81 bits per heavy atom. The summed E-state index contributed by atoms with van der Waals surface area (Å²) in [5.41, 5.74) is 8.85. The van der Waals surface area contributed by atoms with Crippen LogP contribution in [0.15, 0.2) is 84.2 Å². The van der Waals surface area contributed by atoms with Gasteiger partial charge in [-0.2, -0.15) is 8.75 Å². The summed E-state index contributed by atoms with van der Waals surface area (Å²) in [4.78, 5) is 3.87. The fraction of sp³-hybridized carbons (Fsp3) is 0.381. The van der Waals surface area contributed by atoms with Gasteiger partial charge in [-0.3, -0.25) is 0 Å². The van der Waals surface area contributed by atoms with Gasteiger partial charge in [-0.25, -0.2) is 0 Å². The zero-order valence-electron chi connectivity index (χ0n) is 28.6. The van der Waals surface area contributed by atoms with E-state index in [-0.39, 0.29) is 0 Å². The first-order chi connectivity index (χ1) is 23.7. The summed E-state index contributed by atoms with van der Waals surface area (Å²) in [7, 11) is -1.90. The Balaban J connectivity index is 1.21. The van der Waals surface area contributed by atoms with Gasteiger partial charge in [0.25, 0.3) is 0 Å². The second-order valence-corrected chi connectivity index (χ2v) is 20.5. The molecule has 3 aromatic carbocycles. The SMILES string of the molecule is CCCCCCCC[Si]1(CCCCCCCC)c2ccccc2-c2ccc(-c3ccc(-c4ccc(-c5cccs5)c5nsnc45)s3)cc21. The number of rotatable bonds is 17. The van der Waals surface area contributed by atoms with E-state index in [2.05, 4.69) is 98.1 Å². The molecule has 0 bridgehead atoms. The smallest absolute Gasteiger partial charge is 0.119 e. The average Bonchev–Trinajstić information content (AvgIpc) is 3.95. The summed E-state index contributed by atoms with van der Waals surface area (Å²) in [5.74, 6) is 0. The summed E-state index contributed by atoms with van der Waals surface area (Å²) >= 11 is 4.99. The number of nitrogens with zero attached hydrogens (tertiary/aromatic N) is 2. The molecule has 6 aromatic rings. The van der Waals surface area contributed by atoms with Crippen molar-refractivity contribution in [2.45, 2.75) is 103 Å². The highest BCUT2D eigenvalue weighted by Gasteiger charge is 2.44. The molecule has 7 rings (SSSR count). The van der Waals surface area contributed by atoms with Gasteiger partial charge in [-0.05, 0) is 62.7 Å². The molecular formula is C42H48N2S3Si. The Morgan fingerprint density at radius 1 is 0.521 bits per heavy atom. The first-order valence-electron chi connectivity index (χ1n) is 18.4. The minimum atomic E-state index is -1.90. The van der Waals surface area contributed by atoms with Crippen molar-refractivity contribution in [2.24, 2.45) is 0 Å². The molecule has 3 aromatic heterocycles. The summed E-state index contributed by atoms with van der Waals surface area (Å²) in [5, 5.41) is 5.56. The largest absolute Gasteiger partial charge is 0.172 e. The first-order valence-corrected chi connectivity index (χ1v) is 23.2. The highest BCUT2D eigenvalue weighted by Crippen LogP contribution is 2.42. The van der Waals surface area contributed by atoms with Gasteiger partial charge in [0.2, 0.25) is 0 Å². The van der Waals surface area contributed by atoms with E-state index in [0.717, 1.165) is 11.0 Å². The van der Waals surface area contributed by atoms with Crippen molar-refractivity contribution >= 4 is 63.9 Å². The lowest BCUT2D eigenvalue weighted by Crippen LogP contribution is -2.55. The maximum Gasteiger partial charge on any atom is 0.119 e. The van der Waals surface area contributed by atoms with E-state index in [1.54, 1.807) is 21.7 Å². The third kappa shape index (κ3) is 6.78. The van der Waals surface area contributed by atoms with E-state index in [1.165, 1.54) is 143 Å². The number of hydrogen-bond acceptors (Lipinski definition) is 5. The van der Waals surface area contributed by atoms with E-state index in [0.29, 0.717) is 0 Å². The van der Waals surface area contributed by atoms with Crippen LogP contribution in [-0.2, 0) is 0 Å². The van der Waals surface area contributed by atoms with Gasteiger partial charge in [0.05, 0.1) is 11.7 Å². The molecule has 48 heavy (non-hydrogen) atoms. The molecule has 6 heteroatoms. The van der Waals surface area contributed by atoms with E-state index in [4.69, 9.17) is 8.75 Å². The number of unbranched alkanes of at least 4 members (excludes halogenated alkanes) is 10. The highest BCUT2D eigenvalue weighted by atomic mass is 32.1. The fourth-order valence-corrected chi connectivity index (χ4v) is 16.0. The summed E-state index contributed by atoms with van der Waals surface area (Å²) in [6, 6.07) is 33.2. The van der Waals surface area contributed by atoms with Gasteiger partial charge in [0.1, 0.15) is 19.1 Å². The van der Waals surface area contributed by atoms with Gasteiger partial charge >= 0.3 is 0 Å². The van der Waals surface area contributed by atoms with Crippen LogP contribution in [0.4, 0.5) is 0 Å². The monoisotopic (exact) mass is 704 g/mol. The normalized spacial score (nSPS) is 13.3. The Labute approximate surface area is 300 Å². The second-order valence-electron chi connectivity index (χ2n) is 13.7. The molecule has 0 aliphatic carbocycles. The molecule has 0 saturated heterocycles. The highest BCUT2D eigenvalue weighted by molar-refractivity contribution is 7.19. The van der Waals surface area contributed by atoms with Crippen molar-refractivity contribution in [3.63, 3.8) is 0 Å². The van der Waals surface area contributed by atoms with Crippen LogP contribution in [0.5, 0.6) is 0 Å². The van der Waals surface area contributed by atoms with Crippen LogP contribution in [-0.4, -0.2) is 16.8 Å². The molecule has 0 fully saturated rings. The van der Waals surface area contributed by atoms with Crippen LogP contribution in [0.25, 0.3) is 53.5 Å². The molecular weight excluding hydrogens is 657 g/mol. The lowest BCUT2D eigenvalue weighted by molar-refractivity contribution is 0.616. The van der Waals surface area contributed by atoms with Crippen LogP contribution >= 0.6 is 34.4 Å². The molecule has 0 radical (unpaired) electrons. The molecule has 2 nitrogen and oxygen atoms in total. The number of benzene rings is 3. The average molecular weight is 705 g/mol. The van der Waals surface area contributed by atoms with Gasteiger partial charge in [0, 0.05) is 25.8 Å². The molecule has 0 spiro atoms. The summed E-state index contributed by atoms with van der Waals surface area (Å²) in [6.45, 7) is 4.64.